The molecular formula is C27H27FN4O2. The zero-order chi connectivity index (χ0) is 24.5. The van der Waals surface area contributed by atoms with E-state index in [9.17, 15) is 9.18 Å². The first-order valence-corrected chi connectivity index (χ1v) is 11.1. The molecule has 0 saturated heterocycles. The van der Waals surface area contributed by atoms with Gasteiger partial charge in [-0.25, -0.2) is 14.4 Å². The summed E-state index contributed by atoms with van der Waals surface area (Å²) in [5, 5.41) is 0. The van der Waals surface area contributed by atoms with E-state index in [-0.39, 0.29) is 29.3 Å². The molecule has 0 saturated carbocycles. The number of rotatable bonds is 5. The highest BCUT2D eigenvalue weighted by Crippen LogP contribution is 2.24. The number of hydrogen-bond acceptors (Lipinski definition) is 5. The molecule has 4 aromatic rings. The van der Waals surface area contributed by atoms with Gasteiger partial charge in [0.2, 0.25) is 5.88 Å². The molecule has 7 heteroatoms. The van der Waals surface area contributed by atoms with Gasteiger partial charge in [-0.3, -0.25) is 9.36 Å². The molecule has 174 valence electrons. The summed E-state index contributed by atoms with van der Waals surface area (Å²) in [7, 11) is 0. The van der Waals surface area contributed by atoms with Crippen LogP contribution in [-0.4, -0.2) is 19.5 Å². The fraction of sp³-hybridized carbons (Fsp3) is 0.259. The van der Waals surface area contributed by atoms with Crippen molar-refractivity contribution in [2.24, 2.45) is 0 Å². The first kappa shape index (κ1) is 23.3. The van der Waals surface area contributed by atoms with Crippen LogP contribution in [0.1, 0.15) is 43.5 Å². The Morgan fingerprint density at radius 1 is 1.00 bits per heavy atom. The van der Waals surface area contributed by atoms with Crippen LogP contribution < -0.4 is 10.3 Å². The number of hydrogen-bond donors (Lipinski definition) is 0. The molecule has 0 amide bonds. The monoisotopic (exact) mass is 458 g/mol. The van der Waals surface area contributed by atoms with E-state index >= 15 is 0 Å². The summed E-state index contributed by atoms with van der Waals surface area (Å²) in [5.74, 6) is 1.21. The van der Waals surface area contributed by atoms with Gasteiger partial charge in [-0.15, -0.1) is 0 Å². The van der Waals surface area contributed by atoms with Crippen molar-refractivity contribution in [3.63, 3.8) is 0 Å². The molecule has 34 heavy (non-hydrogen) atoms. The lowest BCUT2D eigenvalue weighted by Crippen LogP contribution is -2.25. The lowest BCUT2D eigenvalue weighted by Gasteiger charge is -2.17. The van der Waals surface area contributed by atoms with Crippen LogP contribution in [0.2, 0.25) is 0 Å². The summed E-state index contributed by atoms with van der Waals surface area (Å²) < 4.78 is 20.5. The van der Waals surface area contributed by atoms with E-state index in [1.165, 1.54) is 12.1 Å². The minimum absolute atomic E-state index is 0.175. The van der Waals surface area contributed by atoms with Crippen molar-refractivity contribution in [3.05, 3.63) is 99.7 Å². The maximum atomic E-state index is 13.3. The number of nitrogens with zero attached hydrogens (tertiary/aromatic N) is 4. The van der Waals surface area contributed by atoms with Gasteiger partial charge in [-0.05, 0) is 49.7 Å². The number of halogens is 1. The molecule has 2 aromatic carbocycles. The summed E-state index contributed by atoms with van der Waals surface area (Å²) in [6, 6.07) is 15.5. The predicted molar refractivity (Wildman–Crippen MR) is 130 cm³/mol. The average molecular weight is 459 g/mol. The van der Waals surface area contributed by atoms with E-state index in [1.807, 2.05) is 30.3 Å². The Hall–Kier alpha value is -3.87. The normalized spacial score (nSPS) is 11.5. The second-order valence-electron chi connectivity index (χ2n) is 9.21. The molecule has 0 aliphatic rings. The molecule has 0 aliphatic carbocycles. The van der Waals surface area contributed by atoms with Crippen molar-refractivity contribution in [1.29, 1.82) is 0 Å². The number of aromatic nitrogens is 4. The Kier molecular flexibility index (Phi) is 6.28. The van der Waals surface area contributed by atoms with Gasteiger partial charge in [0.05, 0.1) is 16.9 Å². The molecule has 0 N–H and O–H groups in total. The van der Waals surface area contributed by atoms with Gasteiger partial charge >= 0.3 is 0 Å². The van der Waals surface area contributed by atoms with E-state index in [4.69, 9.17) is 9.72 Å². The Morgan fingerprint density at radius 2 is 1.74 bits per heavy atom. The highest BCUT2D eigenvalue weighted by molar-refractivity contribution is 5.62. The molecule has 0 aliphatic heterocycles. The summed E-state index contributed by atoms with van der Waals surface area (Å²) in [6.45, 7) is 9.85. The first-order chi connectivity index (χ1) is 16.1. The summed E-state index contributed by atoms with van der Waals surface area (Å²) in [6.07, 6.45) is 1.76. The summed E-state index contributed by atoms with van der Waals surface area (Å²) in [4.78, 5) is 26.9. The molecule has 0 spiro atoms. The lowest BCUT2D eigenvalue weighted by atomic mass is 9.95. The number of benzene rings is 2. The highest BCUT2D eigenvalue weighted by atomic mass is 19.1. The van der Waals surface area contributed by atoms with Gasteiger partial charge in [0.25, 0.3) is 5.56 Å². The van der Waals surface area contributed by atoms with Crippen molar-refractivity contribution >= 4 is 0 Å². The summed E-state index contributed by atoms with van der Waals surface area (Å²) in [5.41, 5.74) is 3.16. The minimum Gasteiger partial charge on any atom is -0.472 e. The number of ether oxygens (including phenoxy) is 1. The van der Waals surface area contributed by atoms with Crippen LogP contribution in [-0.2, 0) is 12.0 Å². The third-order valence-corrected chi connectivity index (χ3v) is 5.45. The van der Waals surface area contributed by atoms with E-state index in [1.54, 1.807) is 36.7 Å². The predicted octanol–water partition coefficient (Wildman–Crippen LogP) is 5.32. The summed E-state index contributed by atoms with van der Waals surface area (Å²) >= 11 is 0. The first-order valence-electron chi connectivity index (χ1n) is 11.1. The van der Waals surface area contributed by atoms with E-state index < -0.39 is 0 Å². The van der Waals surface area contributed by atoms with Gasteiger partial charge in [0.1, 0.15) is 24.1 Å². The highest BCUT2D eigenvalue weighted by Gasteiger charge is 2.18. The Morgan fingerprint density at radius 3 is 2.44 bits per heavy atom. The number of aryl methyl sites for hydroxylation is 1. The van der Waals surface area contributed by atoms with Crippen molar-refractivity contribution in [1.82, 2.24) is 19.5 Å². The standard InChI is InChI=1S/C27H27FN4O2/c1-17-24(34-16-19-9-11-21(28)12-10-19)30-18(2)32(25(17)33)22-8-6-7-20(15-22)23-13-14-29-26(31-23)27(3,4)5/h6-15H,16H2,1-5H3. The van der Waals surface area contributed by atoms with Gasteiger partial charge in [-0.1, -0.05) is 45.0 Å². The molecule has 0 radical (unpaired) electrons. The van der Waals surface area contributed by atoms with Crippen LogP contribution in [0.15, 0.2) is 65.6 Å². The van der Waals surface area contributed by atoms with Crippen LogP contribution in [0.3, 0.4) is 0 Å². The van der Waals surface area contributed by atoms with E-state index in [0.717, 1.165) is 22.6 Å². The lowest BCUT2D eigenvalue weighted by molar-refractivity contribution is 0.289. The fourth-order valence-corrected chi connectivity index (χ4v) is 3.55. The molecule has 0 bridgehead atoms. The Bertz CT molecular complexity index is 1390. The zero-order valence-corrected chi connectivity index (χ0v) is 20.0. The SMILES string of the molecule is Cc1c(OCc2ccc(F)cc2)nc(C)n(-c2cccc(-c3ccnc(C(C)(C)C)n3)c2)c1=O. The minimum atomic E-state index is -0.310. The molecule has 6 nitrogen and oxygen atoms in total. The molecule has 0 atom stereocenters. The van der Waals surface area contributed by atoms with Gasteiger partial charge < -0.3 is 4.74 Å². The van der Waals surface area contributed by atoms with Crippen LogP contribution in [0.4, 0.5) is 4.39 Å². The average Bonchev–Trinajstić information content (AvgIpc) is 2.81. The van der Waals surface area contributed by atoms with Crippen LogP contribution in [0.25, 0.3) is 16.9 Å². The molecule has 2 aromatic heterocycles. The smallest absolute Gasteiger partial charge is 0.264 e. The van der Waals surface area contributed by atoms with Crippen molar-refractivity contribution in [2.75, 3.05) is 0 Å². The van der Waals surface area contributed by atoms with Crippen LogP contribution >= 0.6 is 0 Å². The third kappa shape index (κ3) is 4.88. The third-order valence-electron chi connectivity index (χ3n) is 5.45. The Labute approximate surface area is 198 Å². The maximum Gasteiger partial charge on any atom is 0.264 e. The van der Waals surface area contributed by atoms with E-state index in [2.05, 4.69) is 30.7 Å². The van der Waals surface area contributed by atoms with Gasteiger partial charge in [-0.2, -0.15) is 4.98 Å². The quantitative estimate of drug-likeness (QED) is 0.405. The van der Waals surface area contributed by atoms with Crippen LogP contribution in [0.5, 0.6) is 5.88 Å². The molecule has 0 unspecified atom stereocenters. The molecular weight excluding hydrogens is 431 g/mol. The van der Waals surface area contributed by atoms with Crippen LogP contribution in [0, 0.1) is 19.7 Å². The largest absolute Gasteiger partial charge is 0.472 e. The van der Waals surface area contributed by atoms with E-state index in [0.29, 0.717) is 17.1 Å². The second kappa shape index (κ2) is 9.17. The van der Waals surface area contributed by atoms with Gasteiger partial charge in [0, 0.05) is 17.2 Å². The molecule has 4 rings (SSSR count). The second-order valence-corrected chi connectivity index (χ2v) is 9.21. The van der Waals surface area contributed by atoms with Gasteiger partial charge in [0.15, 0.2) is 0 Å². The Balaban J connectivity index is 1.67. The molecule has 0 fully saturated rings. The maximum absolute atomic E-state index is 13.3. The van der Waals surface area contributed by atoms with Crippen molar-refractivity contribution in [3.8, 4) is 22.8 Å². The topological polar surface area (TPSA) is 69.9 Å². The fourth-order valence-electron chi connectivity index (χ4n) is 3.55. The van der Waals surface area contributed by atoms with Crippen molar-refractivity contribution in [2.45, 2.75) is 46.6 Å². The zero-order valence-electron chi connectivity index (χ0n) is 20.0. The van der Waals surface area contributed by atoms with Crippen molar-refractivity contribution < 1.29 is 9.13 Å². The molecule has 2 heterocycles.